The molecule has 6 heteroatoms. The number of hydrogen-bond acceptors (Lipinski definition) is 2. The summed E-state index contributed by atoms with van der Waals surface area (Å²) in [4.78, 5) is 0. The second kappa shape index (κ2) is 5.21. The number of furan rings is 1. The van der Waals surface area contributed by atoms with E-state index in [0.717, 1.165) is 5.39 Å². The largest absolute Gasteiger partial charge is 0.459 e. The minimum Gasteiger partial charge on any atom is -0.459 e. The number of fused-ring (bicyclic) bond motifs is 1. The number of alkyl halides is 4. The Hall–Kier alpha value is -1.56. The molecular weight excluding hydrogens is 262 g/mol. The van der Waals surface area contributed by atoms with E-state index in [2.05, 4.69) is 5.32 Å². The molecule has 104 valence electrons. The Morgan fingerprint density at radius 3 is 2.58 bits per heavy atom. The standard InChI is InChI=1S/C13H13F4NO/c1-8(18-7-13(16,17)12(14)15)11-6-9-4-2-3-5-10(9)19-11/h2-6,8,12,18H,7H2,1H3. The van der Waals surface area contributed by atoms with Crippen molar-refractivity contribution in [1.29, 1.82) is 0 Å². The van der Waals surface area contributed by atoms with Crippen LogP contribution in [-0.2, 0) is 0 Å². The molecule has 19 heavy (non-hydrogen) atoms. The molecule has 1 atom stereocenters. The highest BCUT2D eigenvalue weighted by Gasteiger charge is 2.40. The average molecular weight is 275 g/mol. The van der Waals surface area contributed by atoms with Crippen LogP contribution in [0.25, 0.3) is 11.0 Å². The van der Waals surface area contributed by atoms with Gasteiger partial charge >= 0.3 is 12.3 Å². The van der Waals surface area contributed by atoms with Crippen molar-refractivity contribution in [3.63, 3.8) is 0 Å². The van der Waals surface area contributed by atoms with Gasteiger partial charge in [0.2, 0.25) is 0 Å². The Bertz CT molecular complexity index is 519. The molecule has 0 aliphatic heterocycles. The smallest absolute Gasteiger partial charge is 0.319 e. The summed E-state index contributed by atoms with van der Waals surface area (Å²) in [6.45, 7) is 0.488. The van der Waals surface area contributed by atoms with E-state index >= 15 is 0 Å². The molecule has 1 aromatic carbocycles. The van der Waals surface area contributed by atoms with Gasteiger partial charge in [-0.1, -0.05) is 18.2 Å². The maximum Gasteiger partial charge on any atom is 0.319 e. The summed E-state index contributed by atoms with van der Waals surface area (Å²) in [6, 6.07) is 8.32. The number of para-hydroxylation sites is 1. The number of rotatable bonds is 5. The number of benzene rings is 1. The van der Waals surface area contributed by atoms with Gasteiger partial charge in [0.25, 0.3) is 0 Å². The van der Waals surface area contributed by atoms with E-state index in [1.165, 1.54) is 0 Å². The van der Waals surface area contributed by atoms with Gasteiger partial charge in [0.1, 0.15) is 11.3 Å². The Morgan fingerprint density at radius 2 is 1.95 bits per heavy atom. The van der Waals surface area contributed by atoms with Crippen LogP contribution in [0.15, 0.2) is 34.7 Å². The molecule has 0 saturated carbocycles. The fourth-order valence-corrected chi connectivity index (χ4v) is 1.68. The number of hydrogen-bond donors (Lipinski definition) is 1. The second-order valence-corrected chi connectivity index (χ2v) is 4.35. The molecule has 0 bridgehead atoms. The van der Waals surface area contributed by atoms with Crippen molar-refractivity contribution in [3.05, 3.63) is 36.1 Å². The van der Waals surface area contributed by atoms with Gasteiger partial charge in [0.05, 0.1) is 12.6 Å². The number of nitrogens with one attached hydrogen (secondary N) is 1. The maximum atomic E-state index is 12.8. The van der Waals surface area contributed by atoms with Crippen molar-refractivity contribution in [2.45, 2.75) is 25.3 Å². The summed E-state index contributed by atoms with van der Waals surface area (Å²) in [7, 11) is 0. The van der Waals surface area contributed by atoms with E-state index in [1.807, 2.05) is 12.1 Å². The second-order valence-electron chi connectivity index (χ2n) is 4.35. The molecule has 2 aromatic rings. The zero-order chi connectivity index (χ0) is 14.0. The minimum absolute atomic E-state index is 0.436. The predicted octanol–water partition coefficient (Wildman–Crippen LogP) is 3.98. The first-order valence-corrected chi connectivity index (χ1v) is 5.78. The molecule has 0 aliphatic carbocycles. The highest BCUT2D eigenvalue weighted by atomic mass is 19.3. The molecule has 1 heterocycles. The van der Waals surface area contributed by atoms with Gasteiger partial charge in [-0.05, 0) is 19.1 Å². The lowest BCUT2D eigenvalue weighted by molar-refractivity contribution is -0.126. The Morgan fingerprint density at radius 1 is 1.26 bits per heavy atom. The zero-order valence-electron chi connectivity index (χ0n) is 10.2. The van der Waals surface area contributed by atoms with Crippen LogP contribution >= 0.6 is 0 Å². The quantitative estimate of drug-likeness (QED) is 0.835. The summed E-state index contributed by atoms with van der Waals surface area (Å²) >= 11 is 0. The molecule has 0 amide bonds. The van der Waals surface area contributed by atoms with Crippen LogP contribution in [0, 0.1) is 0 Å². The van der Waals surface area contributed by atoms with Crippen molar-refractivity contribution in [2.75, 3.05) is 6.54 Å². The van der Waals surface area contributed by atoms with Crippen molar-refractivity contribution in [2.24, 2.45) is 0 Å². The van der Waals surface area contributed by atoms with E-state index < -0.39 is 24.9 Å². The Labute approximate surface area is 107 Å². The molecule has 1 aromatic heterocycles. The molecule has 0 radical (unpaired) electrons. The highest BCUT2D eigenvalue weighted by Crippen LogP contribution is 2.26. The van der Waals surface area contributed by atoms with Crippen molar-refractivity contribution < 1.29 is 22.0 Å². The summed E-state index contributed by atoms with van der Waals surface area (Å²) in [5.41, 5.74) is 0.631. The van der Waals surface area contributed by atoms with E-state index in [4.69, 9.17) is 4.42 Å². The van der Waals surface area contributed by atoms with Gasteiger partial charge in [-0.2, -0.15) is 8.78 Å². The van der Waals surface area contributed by atoms with E-state index in [9.17, 15) is 17.6 Å². The molecule has 0 spiro atoms. The van der Waals surface area contributed by atoms with Crippen LogP contribution in [0.2, 0.25) is 0 Å². The van der Waals surface area contributed by atoms with Crippen LogP contribution < -0.4 is 5.32 Å². The maximum absolute atomic E-state index is 12.8. The lowest BCUT2D eigenvalue weighted by Gasteiger charge is -2.18. The third-order valence-electron chi connectivity index (χ3n) is 2.83. The third-order valence-corrected chi connectivity index (χ3v) is 2.83. The lowest BCUT2D eigenvalue weighted by Crippen LogP contribution is -2.39. The van der Waals surface area contributed by atoms with Crippen LogP contribution in [0.1, 0.15) is 18.7 Å². The molecule has 2 rings (SSSR count). The third kappa shape index (κ3) is 3.07. The topological polar surface area (TPSA) is 25.2 Å². The molecule has 2 nitrogen and oxygen atoms in total. The fraction of sp³-hybridized carbons (Fsp3) is 0.385. The minimum atomic E-state index is -4.04. The molecule has 1 unspecified atom stereocenters. The molecule has 0 aliphatic rings. The molecular formula is C13H13F4NO. The van der Waals surface area contributed by atoms with Crippen molar-refractivity contribution >= 4 is 11.0 Å². The first kappa shape index (κ1) is 13.9. The average Bonchev–Trinajstić information content (AvgIpc) is 2.79. The van der Waals surface area contributed by atoms with Crippen LogP contribution in [0.5, 0.6) is 0 Å². The van der Waals surface area contributed by atoms with Gasteiger partial charge in [0.15, 0.2) is 0 Å². The lowest BCUT2D eigenvalue weighted by atomic mass is 10.2. The van der Waals surface area contributed by atoms with Crippen LogP contribution in [0.4, 0.5) is 17.6 Å². The number of halogens is 4. The van der Waals surface area contributed by atoms with Gasteiger partial charge in [0, 0.05) is 5.39 Å². The van der Waals surface area contributed by atoms with E-state index in [-0.39, 0.29) is 0 Å². The van der Waals surface area contributed by atoms with Gasteiger partial charge in [-0.25, -0.2) is 8.78 Å². The molecule has 0 saturated heterocycles. The van der Waals surface area contributed by atoms with Crippen LogP contribution in [0.3, 0.4) is 0 Å². The monoisotopic (exact) mass is 275 g/mol. The zero-order valence-corrected chi connectivity index (χ0v) is 10.2. The summed E-state index contributed by atoms with van der Waals surface area (Å²) < 4.78 is 55.1. The normalized spacial score (nSPS) is 14.2. The summed E-state index contributed by atoms with van der Waals surface area (Å²) in [5, 5.41) is 3.20. The summed E-state index contributed by atoms with van der Waals surface area (Å²) in [5.74, 6) is -3.61. The van der Waals surface area contributed by atoms with E-state index in [0.29, 0.717) is 11.3 Å². The molecule has 0 fully saturated rings. The molecule has 1 N–H and O–H groups in total. The Balaban J connectivity index is 2.05. The Kier molecular flexibility index (Phi) is 3.80. The summed E-state index contributed by atoms with van der Waals surface area (Å²) in [6.07, 6.45) is -3.68. The highest BCUT2D eigenvalue weighted by molar-refractivity contribution is 5.77. The fourth-order valence-electron chi connectivity index (χ4n) is 1.68. The predicted molar refractivity (Wildman–Crippen MR) is 63.6 cm³/mol. The SMILES string of the molecule is CC(NCC(F)(F)C(F)F)c1cc2ccccc2o1. The van der Waals surface area contributed by atoms with Crippen molar-refractivity contribution in [1.82, 2.24) is 5.32 Å². The van der Waals surface area contributed by atoms with Crippen molar-refractivity contribution in [3.8, 4) is 0 Å². The van der Waals surface area contributed by atoms with Gasteiger partial charge in [-0.3, -0.25) is 0 Å². The van der Waals surface area contributed by atoms with E-state index in [1.54, 1.807) is 25.1 Å². The first-order valence-electron chi connectivity index (χ1n) is 5.78. The first-order chi connectivity index (χ1) is 8.90. The van der Waals surface area contributed by atoms with Gasteiger partial charge < -0.3 is 9.73 Å². The van der Waals surface area contributed by atoms with Crippen LogP contribution in [-0.4, -0.2) is 18.9 Å². The van der Waals surface area contributed by atoms with Gasteiger partial charge in [-0.15, -0.1) is 0 Å².